The summed E-state index contributed by atoms with van der Waals surface area (Å²) in [6.07, 6.45) is 0. The van der Waals surface area contributed by atoms with E-state index in [1.54, 1.807) is 4.68 Å². The van der Waals surface area contributed by atoms with Gasteiger partial charge in [-0.05, 0) is 46.2 Å². The topological polar surface area (TPSA) is 72.7 Å². The smallest absolute Gasteiger partial charge is 0.230 e. The highest BCUT2D eigenvalue weighted by molar-refractivity contribution is 7.99. The Morgan fingerprint density at radius 2 is 1.57 bits per heavy atom. The Kier molecular flexibility index (Phi) is 6.20. The lowest BCUT2D eigenvalue weighted by molar-refractivity contribution is -0.119. The van der Waals surface area contributed by atoms with Crippen LogP contribution in [0.2, 0.25) is 0 Å². The highest BCUT2D eigenvalue weighted by Gasteiger charge is 2.14. The Morgan fingerprint density at radius 3 is 2.27 bits per heavy atom. The molecule has 0 spiro atoms. The highest BCUT2D eigenvalue weighted by Crippen LogP contribution is 2.22. The van der Waals surface area contributed by atoms with Crippen molar-refractivity contribution >= 4 is 17.7 Å². The summed E-state index contributed by atoms with van der Waals surface area (Å²) in [6.45, 7) is 1.98. The van der Waals surface area contributed by atoms with E-state index < -0.39 is 0 Å². The molecular weight excluding hydrogens is 394 g/mol. The first-order valence-electron chi connectivity index (χ1n) is 9.62. The van der Waals surface area contributed by atoms with E-state index >= 15 is 0 Å². The SMILES string of the molecule is C[C@@H](NC(=O)CSc1nnnn1-c1ccccc1)c1ccc(-c2ccccc2)cc1. The van der Waals surface area contributed by atoms with Gasteiger partial charge in [0.05, 0.1) is 17.5 Å². The molecule has 1 amide bonds. The summed E-state index contributed by atoms with van der Waals surface area (Å²) < 4.78 is 1.63. The molecule has 1 aromatic heterocycles. The molecule has 0 saturated heterocycles. The van der Waals surface area contributed by atoms with Crippen LogP contribution in [0, 0.1) is 0 Å². The van der Waals surface area contributed by atoms with Crippen LogP contribution in [-0.4, -0.2) is 31.9 Å². The number of tetrazole rings is 1. The zero-order chi connectivity index (χ0) is 20.8. The lowest BCUT2D eigenvalue weighted by Crippen LogP contribution is -2.28. The third kappa shape index (κ3) is 4.75. The number of rotatable bonds is 7. The lowest BCUT2D eigenvalue weighted by Gasteiger charge is -2.15. The number of carbonyl (C=O) groups excluding carboxylic acids is 1. The number of hydrogen-bond acceptors (Lipinski definition) is 5. The number of aromatic nitrogens is 4. The van der Waals surface area contributed by atoms with E-state index in [1.807, 2.05) is 55.5 Å². The number of benzene rings is 3. The minimum Gasteiger partial charge on any atom is -0.349 e. The fourth-order valence-corrected chi connectivity index (χ4v) is 3.79. The molecule has 0 unspecified atom stereocenters. The fourth-order valence-electron chi connectivity index (χ4n) is 3.09. The second kappa shape index (κ2) is 9.37. The van der Waals surface area contributed by atoms with Crippen LogP contribution in [0.1, 0.15) is 18.5 Å². The van der Waals surface area contributed by atoms with Crippen molar-refractivity contribution in [2.24, 2.45) is 0 Å². The molecule has 1 N–H and O–H groups in total. The van der Waals surface area contributed by atoms with Crippen LogP contribution in [0.4, 0.5) is 0 Å². The first-order chi connectivity index (χ1) is 14.7. The summed E-state index contributed by atoms with van der Waals surface area (Å²) in [5, 5.41) is 15.4. The van der Waals surface area contributed by atoms with Crippen molar-refractivity contribution in [1.82, 2.24) is 25.5 Å². The molecule has 0 bridgehead atoms. The van der Waals surface area contributed by atoms with E-state index in [4.69, 9.17) is 0 Å². The van der Waals surface area contributed by atoms with Gasteiger partial charge < -0.3 is 5.32 Å². The molecule has 0 radical (unpaired) electrons. The number of para-hydroxylation sites is 1. The van der Waals surface area contributed by atoms with Gasteiger partial charge in [0.1, 0.15) is 0 Å². The molecule has 7 heteroatoms. The molecule has 0 saturated carbocycles. The van der Waals surface area contributed by atoms with Gasteiger partial charge in [0.2, 0.25) is 11.1 Å². The van der Waals surface area contributed by atoms with E-state index in [1.165, 1.54) is 17.3 Å². The van der Waals surface area contributed by atoms with E-state index in [-0.39, 0.29) is 17.7 Å². The number of thioether (sulfide) groups is 1. The second-order valence-electron chi connectivity index (χ2n) is 6.77. The normalized spacial score (nSPS) is 11.8. The van der Waals surface area contributed by atoms with Crippen LogP contribution >= 0.6 is 11.8 Å². The van der Waals surface area contributed by atoms with Gasteiger partial charge >= 0.3 is 0 Å². The zero-order valence-corrected chi connectivity index (χ0v) is 17.3. The standard InChI is InChI=1S/C23H21N5OS/c1-17(18-12-14-20(15-13-18)19-8-4-2-5-9-19)24-22(29)16-30-23-25-26-27-28(23)21-10-6-3-7-11-21/h2-15,17H,16H2,1H3,(H,24,29)/t17-/m1/s1. The maximum atomic E-state index is 12.4. The highest BCUT2D eigenvalue weighted by atomic mass is 32.2. The molecule has 0 aliphatic carbocycles. The van der Waals surface area contributed by atoms with Crippen molar-refractivity contribution in [1.29, 1.82) is 0 Å². The fraction of sp³-hybridized carbons (Fsp3) is 0.130. The van der Waals surface area contributed by atoms with Gasteiger partial charge in [-0.2, -0.15) is 4.68 Å². The Morgan fingerprint density at radius 1 is 0.933 bits per heavy atom. The Balaban J connectivity index is 1.34. The number of amides is 1. The monoisotopic (exact) mass is 415 g/mol. The van der Waals surface area contributed by atoms with Crippen LogP contribution in [0.3, 0.4) is 0 Å². The van der Waals surface area contributed by atoms with Crippen molar-refractivity contribution in [3.8, 4) is 16.8 Å². The van der Waals surface area contributed by atoms with E-state index in [2.05, 4.69) is 57.2 Å². The minimum absolute atomic E-state index is 0.0674. The first-order valence-corrected chi connectivity index (χ1v) is 10.6. The van der Waals surface area contributed by atoms with E-state index in [0.29, 0.717) is 5.16 Å². The molecule has 4 aromatic rings. The molecule has 4 rings (SSSR count). The summed E-state index contributed by atoms with van der Waals surface area (Å²) in [5.41, 5.74) is 4.24. The van der Waals surface area contributed by atoms with Crippen molar-refractivity contribution in [3.05, 3.63) is 90.5 Å². The number of nitrogens with one attached hydrogen (secondary N) is 1. The molecule has 3 aromatic carbocycles. The van der Waals surface area contributed by atoms with Crippen LogP contribution in [0.25, 0.3) is 16.8 Å². The molecule has 30 heavy (non-hydrogen) atoms. The average molecular weight is 416 g/mol. The predicted molar refractivity (Wildman–Crippen MR) is 118 cm³/mol. The van der Waals surface area contributed by atoms with Gasteiger partial charge in [0.15, 0.2) is 0 Å². The molecule has 0 aliphatic rings. The summed E-state index contributed by atoms with van der Waals surface area (Å²) in [6, 6.07) is 28.0. The quantitative estimate of drug-likeness (QED) is 0.456. The molecule has 0 fully saturated rings. The van der Waals surface area contributed by atoms with Crippen molar-refractivity contribution in [3.63, 3.8) is 0 Å². The molecule has 1 heterocycles. The van der Waals surface area contributed by atoms with Crippen molar-refractivity contribution in [2.45, 2.75) is 18.1 Å². The van der Waals surface area contributed by atoms with Crippen LogP contribution in [0.15, 0.2) is 90.1 Å². The van der Waals surface area contributed by atoms with Gasteiger partial charge in [-0.15, -0.1) is 5.10 Å². The average Bonchev–Trinajstić information content (AvgIpc) is 3.28. The second-order valence-corrected chi connectivity index (χ2v) is 7.72. The van der Waals surface area contributed by atoms with E-state index in [0.717, 1.165) is 16.8 Å². The van der Waals surface area contributed by atoms with Gasteiger partial charge in [0, 0.05) is 0 Å². The first kappa shape index (κ1) is 19.8. The maximum absolute atomic E-state index is 12.4. The Bertz CT molecular complexity index is 1100. The number of carbonyl (C=O) groups is 1. The summed E-state index contributed by atoms with van der Waals surface area (Å²) in [7, 11) is 0. The summed E-state index contributed by atoms with van der Waals surface area (Å²) >= 11 is 1.31. The Labute approximate surface area is 179 Å². The zero-order valence-electron chi connectivity index (χ0n) is 16.5. The molecule has 150 valence electrons. The van der Waals surface area contributed by atoms with Gasteiger partial charge in [-0.3, -0.25) is 4.79 Å². The largest absolute Gasteiger partial charge is 0.349 e. The third-order valence-corrected chi connectivity index (χ3v) is 5.59. The van der Waals surface area contributed by atoms with Crippen LogP contribution in [-0.2, 0) is 4.79 Å². The molecule has 0 aliphatic heterocycles. The minimum atomic E-state index is -0.0898. The maximum Gasteiger partial charge on any atom is 0.230 e. The molecule has 1 atom stereocenters. The molecular formula is C23H21N5OS. The van der Waals surface area contributed by atoms with Gasteiger partial charge in [0.25, 0.3) is 0 Å². The van der Waals surface area contributed by atoms with Gasteiger partial charge in [-0.25, -0.2) is 0 Å². The molecule has 6 nitrogen and oxygen atoms in total. The summed E-state index contributed by atoms with van der Waals surface area (Å²) in [5.74, 6) is 0.168. The van der Waals surface area contributed by atoms with Crippen molar-refractivity contribution in [2.75, 3.05) is 5.75 Å². The number of hydrogen-bond donors (Lipinski definition) is 1. The van der Waals surface area contributed by atoms with Gasteiger partial charge in [-0.1, -0.05) is 84.6 Å². The van der Waals surface area contributed by atoms with E-state index in [9.17, 15) is 4.79 Å². The lowest BCUT2D eigenvalue weighted by atomic mass is 10.0. The van der Waals surface area contributed by atoms with Crippen LogP contribution < -0.4 is 5.32 Å². The van der Waals surface area contributed by atoms with Crippen LogP contribution in [0.5, 0.6) is 0 Å². The predicted octanol–water partition coefficient (Wildman–Crippen LogP) is 4.30. The Hall–Kier alpha value is -3.45. The number of nitrogens with zero attached hydrogens (tertiary/aromatic N) is 4. The van der Waals surface area contributed by atoms with Crippen molar-refractivity contribution < 1.29 is 4.79 Å². The summed E-state index contributed by atoms with van der Waals surface area (Å²) in [4.78, 5) is 12.4. The third-order valence-electron chi connectivity index (χ3n) is 4.67.